The molecule has 0 spiro atoms. The molecule has 4 aromatic carbocycles. The Hall–Kier alpha value is -7.44. The van der Waals surface area contributed by atoms with Gasteiger partial charge in [0.05, 0.1) is 76.3 Å². The Balaban J connectivity index is 1.16. The summed E-state index contributed by atoms with van der Waals surface area (Å²) >= 11 is 0. The number of ether oxygens (including phenoxy) is 6. The first-order valence-corrected chi connectivity index (χ1v) is 30.1. The van der Waals surface area contributed by atoms with Gasteiger partial charge >= 0.3 is 23.9 Å². The van der Waals surface area contributed by atoms with Gasteiger partial charge in [0.2, 0.25) is 0 Å². The Morgan fingerprint density at radius 2 is 0.535 bits per heavy atom. The van der Waals surface area contributed by atoms with E-state index in [1.165, 1.54) is 0 Å². The molecule has 8 bridgehead atoms. The van der Waals surface area contributed by atoms with Gasteiger partial charge in [0.1, 0.15) is 46.0 Å². The van der Waals surface area contributed by atoms with Crippen LogP contribution in [0.1, 0.15) is 205 Å². The number of carbonyl (C=O) groups excluding carboxylic acids is 4. The highest BCUT2D eigenvalue weighted by atomic mass is 16.6. The highest BCUT2D eigenvalue weighted by Crippen LogP contribution is 2.41. The third-order valence-electron chi connectivity index (χ3n) is 15.4. The lowest BCUT2D eigenvalue weighted by Gasteiger charge is -2.26. The fraction of sp³-hybridized carbons (Fsp3) is 0.529. The molecule has 2 aliphatic carbocycles. The standard InChI is InChI=1S/C68H88N4O14/c1-65(2,3)49-33-45-29-41(61(49)77)37-69-53-17-13-14-18-54(53)70-38-42-30-46(34-50(62(42)78)66(4,5)6)85-59(75)23-27-82-28-24-60(76)86-48-32-44(64(80)52(36-48)68(10,11)12)40-72-56-20-16-15-19-55(56)71-39-43-31-47(35-51(63(43)79)67(7,8)9)84-58(74)22-26-81-25-21-57(73)83-45/h29-40,53-56,77-80H,13-28H2,1-12H3. The number of phenols is 4. The first-order chi connectivity index (χ1) is 40.4. The second-order valence-electron chi connectivity index (χ2n) is 26.7. The zero-order chi connectivity index (χ0) is 62.7. The molecule has 18 heteroatoms. The Labute approximate surface area is 506 Å². The molecule has 464 valence electrons. The van der Waals surface area contributed by atoms with Crippen molar-refractivity contribution in [1.82, 2.24) is 0 Å². The van der Waals surface area contributed by atoms with E-state index in [2.05, 4.69) is 0 Å². The predicted octanol–water partition coefficient (Wildman–Crippen LogP) is 12.3. The first-order valence-electron chi connectivity index (χ1n) is 30.1. The SMILES string of the molecule is CC(C)(C)c1cc2cc(c1O)C=NC1CCCCC1N=Cc1cc(cc(C(C)(C)C)c1O)OC(=O)CCOCCC(=O)Oc1cc(c(O)c(C(C)(C)C)c1)C=NC1CCCCC1N=Cc1cc(cc(C(C)(C)C)c1O)OC(=O)CCOCCC(=O)O2. The normalized spacial score (nSPS) is 20.9. The first kappa shape index (κ1) is 66.1. The molecule has 4 atom stereocenters. The van der Waals surface area contributed by atoms with Crippen LogP contribution in [-0.4, -0.2) is 120 Å². The van der Waals surface area contributed by atoms with Gasteiger partial charge in [-0.2, -0.15) is 0 Å². The van der Waals surface area contributed by atoms with Gasteiger partial charge in [-0.1, -0.05) is 109 Å². The molecule has 2 fully saturated rings. The number of hydrogen-bond acceptors (Lipinski definition) is 18. The number of hydrogen-bond donors (Lipinski definition) is 4. The van der Waals surface area contributed by atoms with E-state index in [1.807, 2.05) is 83.1 Å². The average molecular weight is 1190 g/mol. The van der Waals surface area contributed by atoms with Crippen molar-refractivity contribution in [3.63, 3.8) is 0 Å². The summed E-state index contributed by atoms with van der Waals surface area (Å²) in [5.74, 6) is -1.51. The van der Waals surface area contributed by atoms with E-state index in [1.54, 1.807) is 73.4 Å². The zero-order valence-electron chi connectivity index (χ0n) is 52.2. The average Bonchev–Trinajstić information content (AvgIpc) is 2.57. The highest BCUT2D eigenvalue weighted by Gasteiger charge is 2.30. The fourth-order valence-corrected chi connectivity index (χ4v) is 10.6. The third-order valence-corrected chi connectivity index (χ3v) is 15.4. The Morgan fingerprint density at radius 3 is 0.721 bits per heavy atom. The van der Waals surface area contributed by atoms with Crippen LogP contribution < -0.4 is 18.9 Å². The lowest BCUT2D eigenvalue weighted by atomic mass is 9.85. The minimum atomic E-state index is -0.587. The van der Waals surface area contributed by atoms with Crippen molar-refractivity contribution >= 4 is 48.7 Å². The van der Waals surface area contributed by atoms with Gasteiger partial charge in [-0.25, -0.2) is 0 Å². The van der Waals surface area contributed by atoms with Crippen LogP contribution in [0.15, 0.2) is 68.5 Å². The number of aliphatic imine (C=N–C) groups is 4. The summed E-state index contributed by atoms with van der Waals surface area (Å²) in [7, 11) is 0. The Kier molecular flexibility index (Phi) is 21.8. The Bertz CT molecular complexity index is 2800. The third kappa shape index (κ3) is 18.3. The molecule has 3 aliphatic rings. The number of rotatable bonds is 0. The van der Waals surface area contributed by atoms with Crippen LogP contribution in [0.5, 0.6) is 46.0 Å². The van der Waals surface area contributed by atoms with E-state index in [0.717, 1.165) is 25.7 Å². The van der Waals surface area contributed by atoms with Gasteiger partial charge in [-0.3, -0.25) is 39.1 Å². The van der Waals surface area contributed by atoms with E-state index < -0.39 is 45.5 Å². The van der Waals surface area contributed by atoms with E-state index in [9.17, 15) is 39.6 Å². The topological polar surface area (TPSA) is 254 Å². The molecule has 1 aliphatic heterocycles. The molecule has 18 nitrogen and oxygen atoms in total. The number of aromatic hydroxyl groups is 4. The van der Waals surface area contributed by atoms with Crippen molar-refractivity contribution in [2.75, 3.05) is 26.4 Å². The van der Waals surface area contributed by atoms with Crippen molar-refractivity contribution in [3.05, 3.63) is 93.0 Å². The maximum Gasteiger partial charge on any atom is 0.313 e. The molecule has 1 heterocycles. The molecule has 0 saturated heterocycles. The number of esters is 4. The summed E-state index contributed by atoms with van der Waals surface area (Å²) in [6.45, 7) is 23.1. The van der Waals surface area contributed by atoms with E-state index in [4.69, 9.17) is 48.4 Å². The zero-order valence-corrected chi connectivity index (χ0v) is 52.2. The monoisotopic (exact) mass is 1180 g/mol. The van der Waals surface area contributed by atoms with E-state index in [-0.39, 0.29) is 122 Å². The van der Waals surface area contributed by atoms with Crippen LogP contribution in [-0.2, 0) is 50.3 Å². The van der Waals surface area contributed by atoms with Crippen molar-refractivity contribution in [3.8, 4) is 46.0 Å². The molecule has 86 heavy (non-hydrogen) atoms. The molecular weight excluding hydrogens is 1100 g/mol. The predicted molar refractivity (Wildman–Crippen MR) is 332 cm³/mol. The molecule has 4 unspecified atom stereocenters. The molecule has 0 radical (unpaired) electrons. The lowest BCUT2D eigenvalue weighted by Crippen LogP contribution is -2.27. The van der Waals surface area contributed by atoms with Crippen molar-refractivity contribution in [1.29, 1.82) is 0 Å². The van der Waals surface area contributed by atoms with Gasteiger partial charge in [-0.15, -0.1) is 0 Å². The molecule has 7 rings (SSSR count). The second kappa shape index (κ2) is 28.4. The van der Waals surface area contributed by atoms with Crippen molar-refractivity contribution in [2.24, 2.45) is 20.0 Å². The van der Waals surface area contributed by atoms with Crippen LogP contribution in [0.4, 0.5) is 0 Å². The quantitative estimate of drug-likeness (QED) is 0.0944. The molecule has 4 N–H and O–H groups in total. The molecule has 0 amide bonds. The molecule has 4 aromatic rings. The van der Waals surface area contributed by atoms with Crippen molar-refractivity contribution in [2.45, 2.75) is 206 Å². The van der Waals surface area contributed by atoms with E-state index in [0.29, 0.717) is 70.2 Å². The van der Waals surface area contributed by atoms with Crippen molar-refractivity contribution < 1.29 is 68.0 Å². The van der Waals surface area contributed by atoms with Gasteiger partial charge in [0.25, 0.3) is 0 Å². The summed E-state index contributed by atoms with van der Waals surface area (Å²) < 4.78 is 34.7. The number of fused-ring (bicyclic) bond motifs is 10. The molecule has 0 aromatic heterocycles. The number of nitrogens with zero attached hydrogens (tertiary/aromatic N) is 4. The molecular formula is C68H88N4O14. The van der Waals surface area contributed by atoms with Gasteiger partial charge in [0, 0.05) is 69.4 Å². The minimum Gasteiger partial charge on any atom is -0.507 e. The summed E-state index contributed by atoms with van der Waals surface area (Å²) in [4.78, 5) is 72.9. The van der Waals surface area contributed by atoms with Crippen LogP contribution in [0.25, 0.3) is 0 Å². The molecule has 2 saturated carbocycles. The highest BCUT2D eigenvalue weighted by molar-refractivity contribution is 5.89. The lowest BCUT2D eigenvalue weighted by molar-refractivity contribution is -0.138. The van der Waals surface area contributed by atoms with Gasteiger partial charge in [0.15, 0.2) is 0 Å². The maximum absolute atomic E-state index is 13.3. The maximum atomic E-state index is 13.3. The number of carbonyl (C=O) groups is 4. The van der Waals surface area contributed by atoms with Gasteiger partial charge < -0.3 is 48.8 Å². The fourth-order valence-electron chi connectivity index (χ4n) is 10.6. The van der Waals surface area contributed by atoms with E-state index >= 15 is 0 Å². The van der Waals surface area contributed by atoms with Gasteiger partial charge in [-0.05, 0) is 95.9 Å². The summed E-state index contributed by atoms with van der Waals surface area (Å²) in [6.07, 6.45) is 12.2. The van der Waals surface area contributed by atoms with Crippen LogP contribution in [0.3, 0.4) is 0 Å². The van der Waals surface area contributed by atoms with Crippen LogP contribution in [0, 0.1) is 0 Å². The van der Waals surface area contributed by atoms with Crippen LogP contribution >= 0.6 is 0 Å². The summed E-state index contributed by atoms with van der Waals surface area (Å²) in [5, 5.41) is 46.3. The summed E-state index contributed by atoms with van der Waals surface area (Å²) in [5.41, 5.74) is 1.40. The summed E-state index contributed by atoms with van der Waals surface area (Å²) in [6, 6.07) is 11.6. The van der Waals surface area contributed by atoms with Crippen LogP contribution in [0.2, 0.25) is 0 Å². The second-order valence-corrected chi connectivity index (χ2v) is 26.7. The smallest absolute Gasteiger partial charge is 0.313 e. The minimum absolute atomic E-state index is 0.000972. The Morgan fingerprint density at radius 1 is 0.337 bits per heavy atom. The number of phenolic OH excluding ortho intramolecular Hbond substituents is 4. The number of benzene rings is 4. The largest absolute Gasteiger partial charge is 0.507 e.